The highest BCUT2D eigenvalue weighted by molar-refractivity contribution is 7.98. The summed E-state index contributed by atoms with van der Waals surface area (Å²) in [6.07, 6.45) is 5.58. The number of hydrogen-bond donors (Lipinski definition) is 2. The lowest BCUT2D eigenvalue weighted by Gasteiger charge is -2.36. The number of thioether (sulfide) groups is 1. The van der Waals surface area contributed by atoms with Gasteiger partial charge in [-0.3, -0.25) is 14.3 Å². The smallest absolute Gasteiger partial charge is 0.323 e. The SMILES string of the molecule is CC1CCC(N(CCSCc2ccccc2)C(=O)Nc2ncc(S(=O)CC(=O)O)s2)CC1. The van der Waals surface area contributed by atoms with Crippen LogP contribution < -0.4 is 5.32 Å². The molecule has 1 aromatic carbocycles. The van der Waals surface area contributed by atoms with Gasteiger partial charge in [0.05, 0.1) is 17.0 Å². The first kappa shape index (κ1) is 24.7. The summed E-state index contributed by atoms with van der Waals surface area (Å²) in [5, 5.41) is 12.0. The summed E-state index contributed by atoms with van der Waals surface area (Å²) in [5.74, 6) is 0.826. The Hall–Kier alpha value is -1.91. The van der Waals surface area contributed by atoms with Crippen LogP contribution in [0.4, 0.5) is 9.93 Å². The van der Waals surface area contributed by atoms with Gasteiger partial charge in [-0.2, -0.15) is 11.8 Å². The molecule has 0 aliphatic heterocycles. The van der Waals surface area contributed by atoms with E-state index in [0.29, 0.717) is 21.8 Å². The number of carboxylic acid groups (broad SMARTS) is 1. The number of aromatic nitrogens is 1. The zero-order chi connectivity index (χ0) is 22.9. The van der Waals surface area contributed by atoms with Gasteiger partial charge >= 0.3 is 12.0 Å². The standard InChI is InChI=1S/C22H29N3O4S3/c1-16-7-9-18(10-8-16)25(11-12-30-14-17-5-3-2-4-6-17)22(28)24-21-23-13-20(31-21)32(29)15-19(26)27/h2-6,13,16,18H,7-12,14-15H2,1H3,(H,26,27)(H,23,24,28). The normalized spacial score (nSPS) is 19.3. The molecule has 2 aromatic rings. The second-order valence-corrected chi connectivity index (χ2v) is 11.8. The fraction of sp³-hybridized carbons (Fsp3) is 0.500. The van der Waals surface area contributed by atoms with Crippen LogP contribution in [0.3, 0.4) is 0 Å². The Labute approximate surface area is 199 Å². The molecule has 174 valence electrons. The number of hydrogen-bond acceptors (Lipinski definition) is 6. The van der Waals surface area contributed by atoms with Crippen molar-refractivity contribution in [3.63, 3.8) is 0 Å². The quantitative estimate of drug-likeness (QED) is 0.464. The molecule has 1 aliphatic carbocycles. The lowest BCUT2D eigenvalue weighted by molar-refractivity contribution is -0.133. The van der Waals surface area contributed by atoms with Gasteiger partial charge in [0.1, 0.15) is 9.96 Å². The van der Waals surface area contributed by atoms with E-state index in [-0.39, 0.29) is 12.1 Å². The van der Waals surface area contributed by atoms with Gasteiger partial charge in [-0.25, -0.2) is 9.78 Å². The van der Waals surface area contributed by atoms with Crippen molar-refractivity contribution in [3.8, 4) is 0 Å². The van der Waals surface area contributed by atoms with Crippen LogP contribution >= 0.6 is 23.1 Å². The van der Waals surface area contributed by atoms with Crippen LogP contribution in [0, 0.1) is 5.92 Å². The Morgan fingerprint density at radius 3 is 2.66 bits per heavy atom. The van der Waals surface area contributed by atoms with Crippen molar-refractivity contribution in [3.05, 3.63) is 42.1 Å². The van der Waals surface area contributed by atoms with Gasteiger partial charge in [-0.05, 0) is 37.2 Å². The molecule has 2 amide bonds. The first-order valence-corrected chi connectivity index (χ1v) is 14.0. The van der Waals surface area contributed by atoms with Crippen LogP contribution in [0.15, 0.2) is 40.7 Å². The Bertz CT molecular complexity index is 914. The van der Waals surface area contributed by atoms with E-state index >= 15 is 0 Å². The van der Waals surface area contributed by atoms with Gasteiger partial charge < -0.3 is 10.0 Å². The van der Waals surface area contributed by atoms with Gasteiger partial charge in [0.2, 0.25) is 0 Å². The van der Waals surface area contributed by atoms with Gasteiger partial charge in [-0.1, -0.05) is 48.6 Å². The molecule has 1 unspecified atom stereocenters. The number of carbonyl (C=O) groups excluding carboxylic acids is 1. The molecule has 1 aliphatic rings. The van der Waals surface area contributed by atoms with Crippen LogP contribution in [0.1, 0.15) is 38.2 Å². The van der Waals surface area contributed by atoms with Gasteiger partial charge in [0.15, 0.2) is 5.13 Å². The topological polar surface area (TPSA) is 99.6 Å². The summed E-state index contributed by atoms with van der Waals surface area (Å²) in [4.78, 5) is 29.9. The lowest BCUT2D eigenvalue weighted by Crippen LogP contribution is -2.45. The number of carboxylic acids is 1. The highest BCUT2D eigenvalue weighted by Gasteiger charge is 2.28. The van der Waals surface area contributed by atoms with E-state index in [1.165, 1.54) is 11.8 Å². The summed E-state index contributed by atoms with van der Waals surface area (Å²) < 4.78 is 12.4. The summed E-state index contributed by atoms with van der Waals surface area (Å²) in [7, 11) is -1.66. The third-order valence-corrected chi connectivity index (χ3v) is 9.04. The summed E-state index contributed by atoms with van der Waals surface area (Å²) in [5.41, 5.74) is 1.27. The van der Waals surface area contributed by atoms with Crippen molar-refractivity contribution in [1.29, 1.82) is 0 Å². The van der Waals surface area contributed by atoms with E-state index in [0.717, 1.165) is 48.5 Å². The number of benzene rings is 1. The van der Waals surface area contributed by atoms with Gasteiger partial charge in [-0.15, -0.1) is 0 Å². The summed E-state index contributed by atoms with van der Waals surface area (Å²) >= 11 is 2.87. The average Bonchev–Trinajstić information content (AvgIpc) is 3.23. The largest absolute Gasteiger partial charge is 0.481 e. The van der Waals surface area contributed by atoms with Gasteiger partial charge in [0.25, 0.3) is 0 Å². The van der Waals surface area contributed by atoms with Crippen LogP contribution in [-0.4, -0.2) is 55.3 Å². The average molecular weight is 496 g/mol. The second-order valence-electron chi connectivity index (χ2n) is 7.94. The van der Waals surface area contributed by atoms with Crippen molar-refractivity contribution in [2.24, 2.45) is 5.92 Å². The molecule has 2 N–H and O–H groups in total. The molecule has 0 radical (unpaired) electrons. The van der Waals surface area contributed by atoms with Crippen LogP contribution in [0.25, 0.3) is 0 Å². The van der Waals surface area contributed by atoms with E-state index in [4.69, 9.17) is 5.11 Å². The molecule has 1 heterocycles. The number of nitrogens with one attached hydrogen (secondary N) is 1. The molecule has 32 heavy (non-hydrogen) atoms. The molecule has 7 nitrogen and oxygen atoms in total. The van der Waals surface area contributed by atoms with Crippen molar-refractivity contribution >= 4 is 51.0 Å². The zero-order valence-electron chi connectivity index (χ0n) is 18.1. The predicted octanol–water partition coefficient (Wildman–Crippen LogP) is 4.68. The highest BCUT2D eigenvalue weighted by Crippen LogP contribution is 2.29. The molecule has 0 saturated heterocycles. The third-order valence-electron chi connectivity index (χ3n) is 5.45. The van der Waals surface area contributed by atoms with Crippen molar-refractivity contribution in [1.82, 2.24) is 9.88 Å². The molecule has 1 atom stereocenters. The van der Waals surface area contributed by atoms with Crippen LogP contribution in [-0.2, 0) is 21.3 Å². The Morgan fingerprint density at radius 2 is 1.97 bits per heavy atom. The maximum Gasteiger partial charge on any atom is 0.323 e. The van der Waals surface area contributed by atoms with E-state index in [1.54, 1.807) is 11.8 Å². The zero-order valence-corrected chi connectivity index (χ0v) is 20.5. The molecule has 1 aromatic heterocycles. The van der Waals surface area contributed by atoms with E-state index in [1.807, 2.05) is 23.1 Å². The van der Waals surface area contributed by atoms with Crippen molar-refractivity contribution < 1.29 is 18.9 Å². The fourth-order valence-electron chi connectivity index (χ4n) is 3.70. The molecule has 3 rings (SSSR count). The Balaban J connectivity index is 1.59. The molecule has 1 saturated carbocycles. The van der Waals surface area contributed by atoms with E-state index < -0.39 is 22.5 Å². The highest BCUT2D eigenvalue weighted by atomic mass is 32.2. The Morgan fingerprint density at radius 1 is 1.25 bits per heavy atom. The van der Waals surface area contributed by atoms with Crippen molar-refractivity contribution in [2.75, 3.05) is 23.4 Å². The molecular formula is C22H29N3O4S3. The first-order valence-electron chi connectivity index (χ1n) is 10.7. The maximum atomic E-state index is 13.1. The maximum absolute atomic E-state index is 13.1. The Kier molecular flexibility index (Phi) is 9.55. The molecule has 0 bridgehead atoms. The number of rotatable bonds is 10. The number of urea groups is 1. The van der Waals surface area contributed by atoms with Gasteiger partial charge in [0, 0.05) is 24.1 Å². The summed E-state index contributed by atoms with van der Waals surface area (Å²) in [6.45, 7) is 2.90. The fourth-order valence-corrected chi connectivity index (χ4v) is 6.46. The number of carbonyl (C=O) groups is 2. The molecule has 1 fully saturated rings. The van der Waals surface area contributed by atoms with Crippen molar-refractivity contribution in [2.45, 2.75) is 48.6 Å². The number of thiazole rings is 1. The number of aliphatic carboxylic acids is 1. The summed E-state index contributed by atoms with van der Waals surface area (Å²) in [6, 6.07) is 10.3. The molecule has 10 heteroatoms. The number of anilines is 1. The minimum Gasteiger partial charge on any atom is -0.481 e. The predicted molar refractivity (Wildman–Crippen MR) is 131 cm³/mol. The number of amides is 2. The molecular weight excluding hydrogens is 466 g/mol. The first-order chi connectivity index (χ1) is 15.4. The minimum absolute atomic E-state index is 0.198. The van der Waals surface area contributed by atoms with E-state index in [2.05, 4.69) is 29.4 Å². The number of nitrogens with zero attached hydrogens (tertiary/aromatic N) is 2. The van der Waals surface area contributed by atoms with E-state index in [9.17, 15) is 13.8 Å². The minimum atomic E-state index is -1.66. The second kappa shape index (κ2) is 12.4. The van der Waals surface area contributed by atoms with Crippen LogP contribution in [0.5, 0.6) is 0 Å². The monoisotopic (exact) mass is 495 g/mol. The lowest BCUT2D eigenvalue weighted by atomic mass is 9.86. The third kappa shape index (κ3) is 7.60. The van der Waals surface area contributed by atoms with Crippen LogP contribution in [0.2, 0.25) is 0 Å². The molecule has 0 spiro atoms.